The van der Waals surface area contributed by atoms with E-state index < -0.39 is 0 Å². The zero-order valence-corrected chi connectivity index (χ0v) is 16.1. The molecule has 3 aromatic carbocycles. The van der Waals surface area contributed by atoms with Crippen LogP contribution in [0.2, 0.25) is 0 Å². The lowest BCUT2D eigenvalue weighted by atomic mass is 10.0. The summed E-state index contributed by atoms with van der Waals surface area (Å²) in [7, 11) is 0. The molecule has 0 saturated heterocycles. The molecular formula is C23H16N2O3S. The molecule has 29 heavy (non-hydrogen) atoms. The van der Waals surface area contributed by atoms with E-state index >= 15 is 0 Å². The largest absolute Gasteiger partial charge is 0.454 e. The highest BCUT2D eigenvalue weighted by atomic mass is 32.1. The van der Waals surface area contributed by atoms with Crippen molar-refractivity contribution in [1.29, 1.82) is 0 Å². The van der Waals surface area contributed by atoms with Gasteiger partial charge in [-0.1, -0.05) is 48.5 Å². The van der Waals surface area contributed by atoms with Crippen LogP contribution in [-0.2, 0) is 4.79 Å². The van der Waals surface area contributed by atoms with Crippen molar-refractivity contribution in [2.24, 2.45) is 0 Å². The monoisotopic (exact) mass is 400 g/mol. The van der Waals surface area contributed by atoms with Crippen LogP contribution in [0.4, 0.5) is 5.13 Å². The summed E-state index contributed by atoms with van der Waals surface area (Å²) in [5.74, 6) is 1.17. The van der Waals surface area contributed by atoms with Gasteiger partial charge < -0.3 is 9.47 Å². The third kappa shape index (κ3) is 3.58. The number of ether oxygens (including phenoxy) is 2. The first-order valence-electron chi connectivity index (χ1n) is 9.09. The van der Waals surface area contributed by atoms with E-state index in [1.165, 1.54) is 17.4 Å². The van der Waals surface area contributed by atoms with Crippen LogP contribution in [0.25, 0.3) is 28.1 Å². The van der Waals surface area contributed by atoms with Crippen LogP contribution in [0.5, 0.6) is 11.5 Å². The minimum absolute atomic E-state index is 0.228. The summed E-state index contributed by atoms with van der Waals surface area (Å²) in [6.45, 7) is 0.228. The number of nitrogens with one attached hydrogen (secondary N) is 1. The summed E-state index contributed by atoms with van der Waals surface area (Å²) in [6.07, 6.45) is 3.22. The second kappa shape index (κ2) is 7.41. The van der Waals surface area contributed by atoms with Gasteiger partial charge in [-0.2, -0.15) is 0 Å². The van der Waals surface area contributed by atoms with E-state index in [1.54, 1.807) is 6.08 Å². The van der Waals surface area contributed by atoms with E-state index in [0.717, 1.165) is 33.3 Å². The molecule has 4 aromatic rings. The average Bonchev–Trinajstić information content (AvgIpc) is 3.41. The lowest BCUT2D eigenvalue weighted by Gasteiger charge is -2.03. The Hall–Kier alpha value is -3.64. The molecule has 2 heterocycles. The summed E-state index contributed by atoms with van der Waals surface area (Å²) in [5, 5.41) is 7.65. The number of nitrogens with zero attached hydrogens (tertiary/aromatic N) is 1. The van der Waals surface area contributed by atoms with Crippen molar-refractivity contribution in [1.82, 2.24) is 4.98 Å². The van der Waals surface area contributed by atoms with E-state index in [2.05, 4.69) is 28.5 Å². The minimum atomic E-state index is -0.235. The molecule has 0 bridgehead atoms. The zero-order valence-electron chi connectivity index (χ0n) is 15.3. The number of rotatable bonds is 4. The van der Waals surface area contributed by atoms with E-state index in [4.69, 9.17) is 9.47 Å². The molecule has 5 nitrogen and oxygen atoms in total. The number of hydrogen-bond donors (Lipinski definition) is 1. The van der Waals surface area contributed by atoms with Crippen molar-refractivity contribution in [3.63, 3.8) is 0 Å². The first-order valence-corrected chi connectivity index (χ1v) is 9.97. The number of fused-ring (bicyclic) bond motifs is 2. The van der Waals surface area contributed by atoms with Crippen molar-refractivity contribution in [2.45, 2.75) is 0 Å². The Morgan fingerprint density at radius 2 is 1.90 bits per heavy atom. The highest BCUT2D eigenvalue weighted by molar-refractivity contribution is 7.14. The average molecular weight is 400 g/mol. The quantitative estimate of drug-likeness (QED) is 0.470. The van der Waals surface area contributed by atoms with Crippen LogP contribution in [0.3, 0.4) is 0 Å². The van der Waals surface area contributed by atoms with Crippen molar-refractivity contribution in [3.8, 4) is 22.8 Å². The maximum absolute atomic E-state index is 12.3. The lowest BCUT2D eigenvalue weighted by Crippen LogP contribution is -2.07. The third-order valence-corrected chi connectivity index (χ3v) is 5.38. The standard InChI is InChI=1S/C23H16N2O3S/c26-22(11-9-15-8-10-20-21(12-15)28-14-27-20)25-23-24-19(13-29-23)18-7-3-5-16-4-1-2-6-17(16)18/h1-13H,14H2,(H,24,25,26). The van der Waals surface area contributed by atoms with Gasteiger partial charge in [0, 0.05) is 17.0 Å². The van der Waals surface area contributed by atoms with Crippen LogP contribution < -0.4 is 14.8 Å². The maximum Gasteiger partial charge on any atom is 0.250 e. The molecule has 0 radical (unpaired) electrons. The number of carbonyl (C=O) groups is 1. The molecule has 6 heteroatoms. The van der Waals surface area contributed by atoms with Crippen molar-refractivity contribution < 1.29 is 14.3 Å². The van der Waals surface area contributed by atoms with Gasteiger partial charge in [0.2, 0.25) is 12.7 Å². The molecule has 1 aliphatic rings. The van der Waals surface area contributed by atoms with Gasteiger partial charge in [0.15, 0.2) is 16.6 Å². The molecule has 0 spiro atoms. The molecule has 0 unspecified atom stereocenters. The van der Waals surface area contributed by atoms with Gasteiger partial charge in [-0.05, 0) is 34.5 Å². The highest BCUT2D eigenvalue weighted by Gasteiger charge is 2.13. The minimum Gasteiger partial charge on any atom is -0.454 e. The lowest BCUT2D eigenvalue weighted by molar-refractivity contribution is -0.111. The zero-order chi connectivity index (χ0) is 19.6. The Bertz CT molecular complexity index is 1240. The normalized spacial score (nSPS) is 12.6. The Labute approximate surface area is 171 Å². The number of aromatic nitrogens is 1. The topological polar surface area (TPSA) is 60.5 Å². The number of carbonyl (C=O) groups excluding carboxylic acids is 1. The SMILES string of the molecule is O=C(C=Cc1ccc2c(c1)OCO2)Nc1nc(-c2cccc3ccccc23)cs1. The fraction of sp³-hybridized carbons (Fsp3) is 0.0435. The Balaban J connectivity index is 1.31. The second-order valence-electron chi connectivity index (χ2n) is 6.50. The Morgan fingerprint density at radius 3 is 2.86 bits per heavy atom. The van der Waals surface area contributed by atoms with Crippen molar-refractivity contribution in [3.05, 3.63) is 77.7 Å². The molecule has 5 rings (SSSR count). The fourth-order valence-electron chi connectivity index (χ4n) is 3.24. The van der Waals surface area contributed by atoms with Crippen LogP contribution in [0, 0.1) is 0 Å². The fourth-order valence-corrected chi connectivity index (χ4v) is 3.95. The molecule has 0 saturated carbocycles. The van der Waals surface area contributed by atoms with E-state index in [1.807, 2.05) is 47.8 Å². The molecular weight excluding hydrogens is 384 g/mol. The predicted octanol–water partition coefficient (Wildman–Crippen LogP) is 5.34. The summed E-state index contributed by atoms with van der Waals surface area (Å²) in [5.41, 5.74) is 2.76. The molecule has 1 amide bonds. The number of anilines is 1. The smallest absolute Gasteiger partial charge is 0.250 e. The van der Waals surface area contributed by atoms with Crippen LogP contribution in [-0.4, -0.2) is 17.7 Å². The summed E-state index contributed by atoms with van der Waals surface area (Å²) in [6, 6.07) is 19.9. The number of benzene rings is 3. The van der Waals surface area contributed by atoms with Crippen LogP contribution in [0.15, 0.2) is 72.1 Å². The molecule has 0 aliphatic carbocycles. The molecule has 0 atom stereocenters. The number of amides is 1. The van der Waals surface area contributed by atoms with Gasteiger partial charge in [0.1, 0.15) is 0 Å². The van der Waals surface area contributed by atoms with Crippen LogP contribution >= 0.6 is 11.3 Å². The van der Waals surface area contributed by atoms with Crippen molar-refractivity contribution >= 4 is 39.2 Å². The first kappa shape index (κ1) is 17.5. The van der Waals surface area contributed by atoms with E-state index in [9.17, 15) is 4.79 Å². The molecule has 0 fully saturated rings. The Morgan fingerprint density at radius 1 is 1.03 bits per heavy atom. The first-order chi connectivity index (χ1) is 14.3. The van der Waals surface area contributed by atoms with Gasteiger partial charge in [0.25, 0.3) is 0 Å². The second-order valence-corrected chi connectivity index (χ2v) is 7.36. The molecule has 1 N–H and O–H groups in total. The van der Waals surface area contributed by atoms with Crippen molar-refractivity contribution in [2.75, 3.05) is 12.1 Å². The van der Waals surface area contributed by atoms with Gasteiger partial charge in [-0.25, -0.2) is 4.98 Å². The molecule has 1 aromatic heterocycles. The van der Waals surface area contributed by atoms with Gasteiger partial charge in [-0.3, -0.25) is 10.1 Å². The number of hydrogen-bond acceptors (Lipinski definition) is 5. The summed E-state index contributed by atoms with van der Waals surface area (Å²) in [4.78, 5) is 16.9. The Kier molecular flexibility index (Phi) is 4.46. The van der Waals surface area contributed by atoms with Gasteiger partial charge >= 0.3 is 0 Å². The van der Waals surface area contributed by atoms with E-state index in [-0.39, 0.29) is 12.7 Å². The van der Waals surface area contributed by atoms with E-state index in [0.29, 0.717) is 10.9 Å². The third-order valence-electron chi connectivity index (χ3n) is 4.62. The molecule has 1 aliphatic heterocycles. The predicted molar refractivity (Wildman–Crippen MR) is 115 cm³/mol. The summed E-state index contributed by atoms with van der Waals surface area (Å²) >= 11 is 1.41. The van der Waals surface area contributed by atoms with Crippen LogP contribution in [0.1, 0.15) is 5.56 Å². The molecule has 142 valence electrons. The number of thiazole rings is 1. The van der Waals surface area contributed by atoms with Gasteiger partial charge in [0.05, 0.1) is 5.69 Å². The maximum atomic E-state index is 12.3. The summed E-state index contributed by atoms with van der Waals surface area (Å²) < 4.78 is 10.6. The highest BCUT2D eigenvalue weighted by Crippen LogP contribution is 2.33. The van der Waals surface area contributed by atoms with Gasteiger partial charge in [-0.15, -0.1) is 11.3 Å².